The number of nitrogens with two attached hydrogens (primary N) is 1. The molecule has 0 unspecified atom stereocenters. The van der Waals surface area contributed by atoms with E-state index in [2.05, 4.69) is 29.8 Å². The topological polar surface area (TPSA) is 45.0 Å². The van der Waals surface area contributed by atoms with Crippen molar-refractivity contribution in [2.24, 2.45) is 5.73 Å². The fraction of sp³-hybridized carbons (Fsp3) is 0.636. The Morgan fingerprint density at radius 3 is 2.93 bits per heavy atom. The Labute approximate surface area is 85.3 Å². The van der Waals surface area contributed by atoms with Gasteiger partial charge in [0.25, 0.3) is 0 Å². The molecular weight excluding hydrogens is 174 g/mol. The maximum atomic E-state index is 6.14. The van der Waals surface area contributed by atoms with E-state index in [1.807, 2.05) is 12.3 Å². The van der Waals surface area contributed by atoms with Gasteiger partial charge in [-0.2, -0.15) is 0 Å². The van der Waals surface area contributed by atoms with Gasteiger partial charge in [-0.3, -0.25) is 4.90 Å². The number of rotatable bonds is 2. The standard InChI is InChI=1S/C11H19N3/c1-8(2)14-7-5-9(12)11(14)10-4-3-6-13-10/h3-4,6,8-9,11,13H,5,7,12H2,1-2H3/t9-,11-/m1/s1. The van der Waals surface area contributed by atoms with Crippen LogP contribution in [0.2, 0.25) is 0 Å². The number of nitrogens with zero attached hydrogens (tertiary/aromatic N) is 1. The summed E-state index contributed by atoms with van der Waals surface area (Å²) in [4.78, 5) is 5.74. The highest BCUT2D eigenvalue weighted by Gasteiger charge is 2.34. The molecule has 1 saturated heterocycles. The molecule has 1 aromatic heterocycles. The molecule has 0 spiro atoms. The van der Waals surface area contributed by atoms with Crippen LogP contribution in [-0.4, -0.2) is 28.5 Å². The summed E-state index contributed by atoms with van der Waals surface area (Å²) in [6, 6.07) is 5.39. The molecule has 0 aliphatic carbocycles. The minimum atomic E-state index is 0.274. The van der Waals surface area contributed by atoms with E-state index in [-0.39, 0.29) is 6.04 Å². The maximum absolute atomic E-state index is 6.14. The van der Waals surface area contributed by atoms with Crippen molar-refractivity contribution in [3.63, 3.8) is 0 Å². The Balaban J connectivity index is 2.22. The number of nitrogens with one attached hydrogen (secondary N) is 1. The molecule has 1 aliphatic rings. The lowest BCUT2D eigenvalue weighted by molar-refractivity contribution is 0.195. The number of aromatic amines is 1. The third kappa shape index (κ3) is 1.57. The molecule has 0 amide bonds. The van der Waals surface area contributed by atoms with Gasteiger partial charge in [-0.05, 0) is 32.4 Å². The van der Waals surface area contributed by atoms with Crippen LogP contribution in [0, 0.1) is 0 Å². The smallest absolute Gasteiger partial charge is 0.0654 e. The molecule has 78 valence electrons. The van der Waals surface area contributed by atoms with Gasteiger partial charge in [-0.25, -0.2) is 0 Å². The molecule has 1 fully saturated rings. The second kappa shape index (κ2) is 3.75. The lowest BCUT2D eigenvalue weighted by Gasteiger charge is -2.29. The summed E-state index contributed by atoms with van der Waals surface area (Å²) in [5.74, 6) is 0. The first-order chi connectivity index (χ1) is 6.70. The predicted octanol–water partition coefficient (Wildman–Crippen LogP) is 1.50. The molecule has 0 bridgehead atoms. The molecule has 0 aromatic carbocycles. The van der Waals surface area contributed by atoms with Gasteiger partial charge in [0.05, 0.1) is 6.04 Å². The van der Waals surface area contributed by atoms with Crippen LogP contribution >= 0.6 is 0 Å². The fourth-order valence-electron chi connectivity index (χ4n) is 2.36. The van der Waals surface area contributed by atoms with E-state index in [1.54, 1.807) is 0 Å². The van der Waals surface area contributed by atoms with Crippen molar-refractivity contribution in [2.75, 3.05) is 6.54 Å². The molecule has 0 radical (unpaired) electrons. The van der Waals surface area contributed by atoms with Gasteiger partial charge >= 0.3 is 0 Å². The quantitative estimate of drug-likeness (QED) is 0.747. The van der Waals surface area contributed by atoms with Gasteiger partial charge in [0.1, 0.15) is 0 Å². The van der Waals surface area contributed by atoms with Gasteiger partial charge in [-0.1, -0.05) is 0 Å². The van der Waals surface area contributed by atoms with Gasteiger partial charge in [0, 0.05) is 30.5 Å². The van der Waals surface area contributed by atoms with Crippen molar-refractivity contribution in [1.82, 2.24) is 9.88 Å². The van der Waals surface area contributed by atoms with Crippen LogP contribution in [0.3, 0.4) is 0 Å². The third-order valence-electron chi connectivity index (χ3n) is 3.09. The van der Waals surface area contributed by atoms with Crippen molar-refractivity contribution >= 4 is 0 Å². The highest BCUT2D eigenvalue weighted by Crippen LogP contribution is 2.31. The summed E-state index contributed by atoms with van der Waals surface area (Å²) in [5.41, 5.74) is 7.39. The van der Waals surface area contributed by atoms with Crippen molar-refractivity contribution in [1.29, 1.82) is 0 Å². The Morgan fingerprint density at radius 1 is 1.57 bits per heavy atom. The molecule has 2 atom stereocenters. The molecule has 0 saturated carbocycles. The van der Waals surface area contributed by atoms with Crippen LogP contribution in [-0.2, 0) is 0 Å². The summed E-state index contributed by atoms with van der Waals surface area (Å²) in [7, 11) is 0. The van der Waals surface area contributed by atoms with Gasteiger partial charge < -0.3 is 10.7 Å². The molecule has 14 heavy (non-hydrogen) atoms. The summed E-state index contributed by atoms with van der Waals surface area (Å²) < 4.78 is 0. The monoisotopic (exact) mass is 193 g/mol. The van der Waals surface area contributed by atoms with Crippen LogP contribution in [0.4, 0.5) is 0 Å². The second-order valence-electron chi connectivity index (χ2n) is 4.35. The Kier molecular flexibility index (Phi) is 2.61. The van der Waals surface area contributed by atoms with Gasteiger partial charge in [-0.15, -0.1) is 0 Å². The lowest BCUT2D eigenvalue weighted by atomic mass is 10.1. The number of H-pyrrole nitrogens is 1. The Morgan fingerprint density at radius 2 is 2.36 bits per heavy atom. The second-order valence-corrected chi connectivity index (χ2v) is 4.35. The maximum Gasteiger partial charge on any atom is 0.0654 e. The van der Waals surface area contributed by atoms with E-state index < -0.39 is 0 Å². The van der Waals surface area contributed by atoms with E-state index in [0.29, 0.717) is 12.1 Å². The summed E-state index contributed by atoms with van der Waals surface area (Å²) in [6.45, 7) is 5.57. The van der Waals surface area contributed by atoms with E-state index in [0.717, 1.165) is 13.0 Å². The zero-order chi connectivity index (χ0) is 10.1. The van der Waals surface area contributed by atoms with E-state index in [9.17, 15) is 0 Å². The summed E-state index contributed by atoms with van der Waals surface area (Å²) >= 11 is 0. The molecule has 3 heteroatoms. The Bertz CT molecular complexity index is 279. The van der Waals surface area contributed by atoms with E-state index >= 15 is 0 Å². The number of hydrogen-bond donors (Lipinski definition) is 2. The van der Waals surface area contributed by atoms with Crippen molar-refractivity contribution < 1.29 is 0 Å². The zero-order valence-electron chi connectivity index (χ0n) is 8.90. The lowest BCUT2D eigenvalue weighted by Crippen LogP contribution is -2.36. The fourth-order valence-corrected chi connectivity index (χ4v) is 2.36. The van der Waals surface area contributed by atoms with Crippen LogP contribution in [0.15, 0.2) is 18.3 Å². The molecule has 1 aliphatic heterocycles. The third-order valence-corrected chi connectivity index (χ3v) is 3.09. The van der Waals surface area contributed by atoms with Crippen LogP contribution < -0.4 is 5.73 Å². The van der Waals surface area contributed by atoms with Crippen molar-refractivity contribution in [3.05, 3.63) is 24.0 Å². The minimum absolute atomic E-state index is 0.274. The molecular formula is C11H19N3. The Hall–Kier alpha value is -0.800. The van der Waals surface area contributed by atoms with Gasteiger partial charge in [0.2, 0.25) is 0 Å². The number of likely N-dealkylation sites (tertiary alicyclic amines) is 1. The van der Waals surface area contributed by atoms with Crippen LogP contribution in [0.5, 0.6) is 0 Å². The largest absolute Gasteiger partial charge is 0.364 e. The normalized spacial score (nSPS) is 28.9. The van der Waals surface area contributed by atoms with Crippen LogP contribution in [0.1, 0.15) is 32.0 Å². The first-order valence-electron chi connectivity index (χ1n) is 5.34. The van der Waals surface area contributed by atoms with E-state index in [4.69, 9.17) is 5.73 Å². The highest BCUT2D eigenvalue weighted by atomic mass is 15.2. The molecule has 1 aromatic rings. The average molecular weight is 193 g/mol. The van der Waals surface area contributed by atoms with Crippen molar-refractivity contribution in [2.45, 2.75) is 38.4 Å². The van der Waals surface area contributed by atoms with Crippen LogP contribution in [0.25, 0.3) is 0 Å². The highest BCUT2D eigenvalue weighted by molar-refractivity contribution is 5.14. The first kappa shape index (κ1) is 9.74. The summed E-state index contributed by atoms with van der Waals surface area (Å²) in [5, 5.41) is 0. The SMILES string of the molecule is CC(C)N1CC[C@@H](N)[C@@H]1c1ccc[nH]1. The molecule has 3 nitrogen and oxygen atoms in total. The summed E-state index contributed by atoms with van der Waals surface area (Å²) in [6.07, 6.45) is 3.07. The van der Waals surface area contributed by atoms with Gasteiger partial charge in [0.15, 0.2) is 0 Å². The molecule has 2 rings (SSSR count). The van der Waals surface area contributed by atoms with E-state index in [1.165, 1.54) is 5.69 Å². The van der Waals surface area contributed by atoms with Crippen molar-refractivity contribution in [3.8, 4) is 0 Å². The molecule has 3 N–H and O–H groups in total. The number of hydrogen-bond acceptors (Lipinski definition) is 2. The zero-order valence-corrected chi connectivity index (χ0v) is 8.90. The first-order valence-corrected chi connectivity index (χ1v) is 5.34. The average Bonchev–Trinajstić information content (AvgIpc) is 2.71. The molecule has 2 heterocycles. The minimum Gasteiger partial charge on any atom is -0.364 e. The predicted molar refractivity (Wildman–Crippen MR) is 58.0 cm³/mol. The number of aromatic nitrogens is 1.